The van der Waals surface area contributed by atoms with E-state index in [4.69, 9.17) is 0 Å². The highest BCUT2D eigenvalue weighted by atomic mass is 32.2. The first-order chi connectivity index (χ1) is 8.77. The van der Waals surface area contributed by atoms with E-state index in [9.17, 15) is 26.4 Å². The summed E-state index contributed by atoms with van der Waals surface area (Å²) in [5, 5.41) is 0. The maximum absolute atomic E-state index is 13.3. The Bertz CT molecular complexity index is 565. The number of hydrogen-bond donors (Lipinski definition) is 1. The van der Waals surface area contributed by atoms with Crippen LogP contribution in [0.2, 0.25) is 0 Å². The first-order valence-corrected chi connectivity index (χ1v) is 6.47. The minimum atomic E-state index is -4.52. The summed E-state index contributed by atoms with van der Waals surface area (Å²) in [4.78, 5) is 9.47. The molecule has 0 amide bonds. The molecule has 1 rings (SSSR count). The third kappa shape index (κ3) is 3.93. The average Bonchev–Trinajstić information content (AvgIpc) is 2.26. The fourth-order valence-electron chi connectivity index (χ4n) is 1.25. The summed E-state index contributed by atoms with van der Waals surface area (Å²) in [6, 6.07) is 0.496. The Labute approximate surface area is 107 Å². The quantitative estimate of drug-likeness (QED) is 0.821. The zero-order valence-corrected chi connectivity index (χ0v) is 10.6. The largest absolute Gasteiger partial charge is 0.469 e. The Morgan fingerprint density at radius 3 is 2.26 bits per heavy atom. The molecule has 0 aromatic heterocycles. The molecule has 1 aromatic rings. The molecule has 0 bridgehead atoms. The summed E-state index contributed by atoms with van der Waals surface area (Å²) >= 11 is 0. The normalized spacial score (nSPS) is 11.4. The van der Waals surface area contributed by atoms with E-state index in [1.165, 1.54) is 0 Å². The number of carbonyl (C=O) groups is 1. The van der Waals surface area contributed by atoms with Crippen molar-refractivity contribution in [2.24, 2.45) is 0 Å². The van der Waals surface area contributed by atoms with Crippen molar-refractivity contribution in [2.45, 2.75) is 11.3 Å². The Morgan fingerprint density at radius 2 is 1.79 bits per heavy atom. The van der Waals surface area contributed by atoms with Crippen LogP contribution in [-0.2, 0) is 19.6 Å². The van der Waals surface area contributed by atoms with Gasteiger partial charge in [-0.25, -0.2) is 26.3 Å². The number of nitrogens with one attached hydrogen (secondary N) is 1. The second-order valence-corrected chi connectivity index (χ2v) is 5.13. The second kappa shape index (κ2) is 6.02. The second-order valence-electron chi connectivity index (χ2n) is 3.42. The number of halogens is 3. The average molecular weight is 297 g/mol. The molecule has 9 heteroatoms. The molecule has 1 aromatic carbocycles. The van der Waals surface area contributed by atoms with Crippen LogP contribution in [-0.4, -0.2) is 28.0 Å². The summed E-state index contributed by atoms with van der Waals surface area (Å²) in [6.07, 6.45) is -0.305. The minimum Gasteiger partial charge on any atom is -0.469 e. The van der Waals surface area contributed by atoms with Gasteiger partial charge in [0.25, 0.3) is 0 Å². The molecule has 0 fully saturated rings. The van der Waals surface area contributed by atoms with Gasteiger partial charge in [0.2, 0.25) is 10.0 Å². The lowest BCUT2D eigenvalue weighted by molar-refractivity contribution is -0.140. The Balaban J connectivity index is 2.92. The van der Waals surface area contributed by atoms with Gasteiger partial charge in [-0.2, -0.15) is 0 Å². The molecule has 1 N–H and O–H groups in total. The molecule has 0 atom stereocenters. The van der Waals surface area contributed by atoms with Crippen molar-refractivity contribution < 1.29 is 31.1 Å². The van der Waals surface area contributed by atoms with E-state index in [2.05, 4.69) is 4.74 Å². The number of sulfonamides is 1. The summed E-state index contributed by atoms with van der Waals surface area (Å²) in [6.45, 7) is -0.398. The van der Waals surface area contributed by atoms with Crippen LogP contribution in [0.25, 0.3) is 0 Å². The van der Waals surface area contributed by atoms with Crippen molar-refractivity contribution in [3.05, 3.63) is 29.6 Å². The number of carbonyl (C=O) groups excluding carboxylic acids is 1. The van der Waals surface area contributed by atoms with Gasteiger partial charge in [0.1, 0.15) is 17.5 Å². The fourth-order valence-corrected chi connectivity index (χ4v) is 2.39. The van der Waals surface area contributed by atoms with Crippen LogP contribution in [0.3, 0.4) is 0 Å². The first kappa shape index (κ1) is 15.4. The van der Waals surface area contributed by atoms with E-state index >= 15 is 0 Å². The molecule has 0 saturated heterocycles. The van der Waals surface area contributed by atoms with Gasteiger partial charge in [0, 0.05) is 18.7 Å². The van der Waals surface area contributed by atoms with Crippen LogP contribution in [0.15, 0.2) is 17.0 Å². The van der Waals surface area contributed by atoms with Gasteiger partial charge in [-0.3, -0.25) is 4.79 Å². The maximum Gasteiger partial charge on any atom is 0.306 e. The van der Waals surface area contributed by atoms with E-state index in [1.807, 2.05) is 4.72 Å². The number of benzene rings is 1. The number of rotatable bonds is 5. The maximum atomic E-state index is 13.3. The summed E-state index contributed by atoms with van der Waals surface area (Å²) in [7, 11) is -3.41. The Morgan fingerprint density at radius 1 is 1.26 bits per heavy atom. The van der Waals surface area contributed by atoms with Gasteiger partial charge >= 0.3 is 5.97 Å². The van der Waals surface area contributed by atoms with E-state index in [0.717, 1.165) is 7.11 Å². The van der Waals surface area contributed by atoms with E-state index in [-0.39, 0.29) is 18.6 Å². The van der Waals surface area contributed by atoms with E-state index in [0.29, 0.717) is 0 Å². The molecule has 0 radical (unpaired) electrons. The number of esters is 1. The smallest absolute Gasteiger partial charge is 0.306 e. The number of methoxy groups -OCH3 is 1. The summed E-state index contributed by atoms with van der Waals surface area (Å²) in [5.41, 5.74) is 0. The van der Waals surface area contributed by atoms with Crippen molar-refractivity contribution in [1.29, 1.82) is 0 Å². The highest BCUT2D eigenvalue weighted by Gasteiger charge is 2.24. The van der Waals surface area contributed by atoms with Crippen molar-refractivity contribution in [1.82, 2.24) is 4.72 Å². The highest BCUT2D eigenvalue weighted by Crippen LogP contribution is 2.19. The van der Waals surface area contributed by atoms with Crippen molar-refractivity contribution in [2.75, 3.05) is 13.7 Å². The lowest BCUT2D eigenvalue weighted by atomic mass is 10.3. The molecular formula is C10H10F3NO4S. The third-order valence-electron chi connectivity index (χ3n) is 2.08. The molecule has 0 heterocycles. The molecular weight excluding hydrogens is 287 g/mol. The van der Waals surface area contributed by atoms with Gasteiger partial charge in [-0.05, 0) is 0 Å². The van der Waals surface area contributed by atoms with Crippen molar-refractivity contribution >= 4 is 16.0 Å². The number of hydrogen-bond acceptors (Lipinski definition) is 4. The van der Waals surface area contributed by atoms with E-state index in [1.54, 1.807) is 0 Å². The number of ether oxygens (including phenoxy) is 1. The first-order valence-electron chi connectivity index (χ1n) is 4.99. The molecule has 0 aliphatic carbocycles. The van der Waals surface area contributed by atoms with Crippen LogP contribution < -0.4 is 4.72 Å². The molecule has 0 saturated carbocycles. The molecule has 0 aliphatic heterocycles. The molecule has 5 nitrogen and oxygen atoms in total. The van der Waals surface area contributed by atoms with Crippen LogP contribution >= 0.6 is 0 Å². The standard InChI is InChI=1S/C10H10F3NO4S/c1-18-9(15)2-3-14-19(16,17)10-7(12)4-6(11)5-8(10)13/h4-5,14H,2-3H2,1H3. The van der Waals surface area contributed by atoms with Gasteiger partial charge in [0.15, 0.2) is 4.90 Å². The lowest BCUT2D eigenvalue weighted by Crippen LogP contribution is -2.28. The van der Waals surface area contributed by atoms with Crippen LogP contribution in [0.5, 0.6) is 0 Å². The zero-order chi connectivity index (χ0) is 14.6. The molecule has 0 aliphatic rings. The van der Waals surface area contributed by atoms with Crippen molar-refractivity contribution in [3.8, 4) is 0 Å². The molecule has 19 heavy (non-hydrogen) atoms. The highest BCUT2D eigenvalue weighted by molar-refractivity contribution is 7.89. The third-order valence-corrected chi connectivity index (χ3v) is 3.59. The molecule has 0 spiro atoms. The van der Waals surface area contributed by atoms with Gasteiger partial charge < -0.3 is 4.74 Å². The zero-order valence-electron chi connectivity index (χ0n) is 9.74. The topological polar surface area (TPSA) is 72.5 Å². The van der Waals surface area contributed by atoms with Gasteiger partial charge in [0.05, 0.1) is 13.5 Å². The van der Waals surface area contributed by atoms with E-state index < -0.39 is 44.9 Å². The fraction of sp³-hybridized carbons (Fsp3) is 0.300. The lowest BCUT2D eigenvalue weighted by Gasteiger charge is -2.08. The molecule has 0 unspecified atom stereocenters. The predicted molar refractivity (Wildman–Crippen MR) is 58.1 cm³/mol. The summed E-state index contributed by atoms with van der Waals surface area (Å²) < 4.78 is 68.4. The monoisotopic (exact) mass is 297 g/mol. The molecule has 106 valence electrons. The Hall–Kier alpha value is -1.61. The minimum absolute atomic E-state index is 0.248. The Kier molecular flexibility index (Phi) is 4.90. The van der Waals surface area contributed by atoms with Gasteiger partial charge in [-0.1, -0.05) is 0 Å². The van der Waals surface area contributed by atoms with Crippen LogP contribution in [0, 0.1) is 17.5 Å². The summed E-state index contributed by atoms with van der Waals surface area (Å²) in [5.74, 6) is -5.03. The van der Waals surface area contributed by atoms with Gasteiger partial charge in [-0.15, -0.1) is 0 Å². The van der Waals surface area contributed by atoms with Crippen LogP contribution in [0.1, 0.15) is 6.42 Å². The van der Waals surface area contributed by atoms with Crippen LogP contribution in [0.4, 0.5) is 13.2 Å². The predicted octanol–water partition coefficient (Wildman–Crippen LogP) is 0.945. The SMILES string of the molecule is COC(=O)CCNS(=O)(=O)c1c(F)cc(F)cc1F. The van der Waals surface area contributed by atoms with Crippen molar-refractivity contribution in [3.63, 3.8) is 0 Å².